The van der Waals surface area contributed by atoms with Gasteiger partial charge in [-0.25, -0.2) is 4.39 Å². The number of hydrogen-bond donors (Lipinski definition) is 1. The first kappa shape index (κ1) is 10.2. The van der Waals surface area contributed by atoms with Crippen LogP contribution in [0.3, 0.4) is 0 Å². The zero-order chi connectivity index (χ0) is 10.7. The predicted octanol–water partition coefficient (Wildman–Crippen LogP) is 0.392. The summed E-state index contributed by atoms with van der Waals surface area (Å²) in [6.07, 6.45) is 1.89. The molecule has 0 spiro atoms. The number of Topliss-reactive ketones (excluding diaryl/α,β-unsaturated/α-hetero) is 1. The summed E-state index contributed by atoms with van der Waals surface area (Å²) in [5.41, 5.74) is 0.253. The minimum absolute atomic E-state index is 0.228. The van der Waals surface area contributed by atoms with Crippen molar-refractivity contribution in [3.63, 3.8) is 0 Å². The Morgan fingerprint density at radius 2 is 2.47 bits per heavy atom. The van der Waals surface area contributed by atoms with Gasteiger partial charge in [0.25, 0.3) is 0 Å². The monoisotopic (exact) mass is 210 g/mol. The number of carbonyl (C=O) groups excluding carboxylic acids is 1. The molecule has 1 aromatic heterocycles. The highest BCUT2D eigenvalue weighted by molar-refractivity contribution is 5.99. The third-order valence-electron chi connectivity index (χ3n) is 2.21. The van der Waals surface area contributed by atoms with Crippen LogP contribution in [0, 0.1) is 5.82 Å². The maximum absolute atomic E-state index is 12.8. The Bertz CT molecular complexity index is 364. The number of ether oxygens (including phenoxy) is 1. The molecule has 15 heavy (non-hydrogen) atoms. The van der Waals surface area contributed by atoms with Gasteiger partial charge in [-0.1, -0.05) is 0 Å². The van der Waals surface area contributed by atoms with E-state index in [0.717, 1.165) is 12.7 Å². The average molecular weight is 210 g/mol. The zero-order valence-electron chi connectivity index (χ0n) is 8.07. The molecule has 0 saturated carbocycles. The fraction of sp³-hybridized carbons (Fsp3) is 0.400. The summed E-state index contributed by atoms with van der Waals surface area (Å²) in [6, 6.07) is 1.17. The number of aromatic nitrogens is 1. The number of nitrogens with zero attached hydrogens (tertiary/aromatic N) is 1. The van der Waals surface area contributed by atoms with Crippen molar-refractivity contribution >= 4 is 5.78 Å². The van der Waals surface area contributed by atoms with Crippen molar-refractivity contribution in [2.75, 3.05) is 19.7 Å². The molecule has 1 aliphatic heterocycles. The second-order valence-electron chi connectivity index (χ2n) is 3.32. The van der Waals surface area contributed by atoms with Gasteiger partial charge in [0.05, 0.1) is 12.8 Å². The van der Waals surface area contributed by atoms with E-state index in [9.17, 15) is 9.18 Å². The van der Waals surface area contributed by atoms with Gasteiger partial charge < -0.3 is 10.1 Å². The van der Waals surface area contributed by atoms with Crippen molar-refractivity contribution in [3.8, 4) is 0 Å². The van der Waals surface area contributed by atoms with Crippen LogP contribution < -0.4 is 5.32 Å². The third kappa shape index (κ3) is 2.37. The van der Waals surface area contributed by atoms with Gasteiger partial charge >= 0.3 is 0 Å². The second-order valence-corrected chi connectivity index (χ2v) is 3.32. The Kier molecular flexibility index (Phi) is 3.03. The third-order valence-corrected chi connectivity index (χ3v) is 2.21. The van der Waals surface area contributed by atoms with Gasteiger partial charge in [-0.15, -0.1) is 0 Å². The summed E-state index contributed by atoms with van der Waals surface area (Å²) in [6.45, 7) is 1.71. The SMILES string of the molecule is O=C(c1cncc(F)c1)C1CNCCO1. The molecular formula is C10H11FN2O2. The van der Waals surface area contributed by atoms with Crippen LogP contribution in [0.1, 0.15) is 10.4 Å². The fourth-order valence-corrected chi connectivity index (χ4v) is 1.47. The van der Waals surface area contributed by atoms with E-state index < -0.39 is 11.9 Å². The fourth-order valence-electron chi connectivity index (χ4n) is 1.47. The molecular weight excluding hydrogens is 199 g/mol. The van der Waals surface area contributed by atoms with Crippen LogP contribution >= 0.6 is 0 Å². The summed E-state index contributed by atoms with van der Waals surface area (Å²) in [5, 5.41) is 3.04. The van der Waals surface area contributed by atoms with E-state index in [2.05, 4.69) is 10.3 Å². The molecule has 1 aliphatic rings. The minimum Gasteiger partial charge on any atom is -0.367 e. The lowest BCUT2D eigenvalue weighted by Gasteiger charge is -2.22. The molecule has 1 N–H and O–H groups in total. The Morgan fingerprint density at radius 3 is 3.13 bits per heavy atom. The standard InChI is InChI=1S/C10H11FN2O2/c11-8-3-7(4-13-5-8)10(14)9-6-12-1-2-15-9/h3-5,9,12H,1-2,6H2. The molecule has 0 bridgehead atoms. The van der Waals surface area contributed by atoms with Crippen molar-refractivity contribution in [2.24, 2.45) is 0 Å². The molecule has 80 valence electrons. The summed E-state index contributed by atoms with van der Waals surface area (Å²) in [4.78, 5) is 15.4. The van der Waals surface area contributed by atoms with E-state index in [1.807, 2.05) is 0 Å². The lowest BCUT2D eigenvalue weighted by atomic mass is 10.1. The normalized spacial score (nSPS) is 21.3. The molecule has 0 amide bonds. The molecule has 1 unspecified atom stereocenters. The molecule has 1 fully saturated rings. The van der Waals surface area contributed by atoms with Crippen molar-refractivity contribution in [3.05, 3.63) is 29.8 Å². The number of carbonyl (C=O) groups is 1. The van der Waals surface area contributed by atoms with E-state index >= 15 is 0 Å². The minimum atomic E-state index is -0.526. The Balaban J connectivity index is 2.12. The van der Waals surface area contributed by atoms with E-state index in [-0.39, 0.29) is 11.3 Å². The van der Waals surface area contributed by atoms with Crippen molar-refractivity contribution in [2.45, 2.75) is 6.10 Å². The van der Waals surface area contributed by atoms with Gasteiger partial charge in [-0.3, -0.25) is 9.78 Å². The molecule has 1 saturated heterocycles. The number of nitrogens with one attached hydrogen (secondary N) is 1. The largest absolute Gasteiger partial charge is 0.367 e. The van der Waals surface area contributed by atoms with Crippen LogP contribution in [0.4, 0.5) is 4.39 Å². The van der Waals surface area contributed by atoms with E-state index in [0.29, 0.717) is 13.2 Å². The Labute approximate surface area is 86.5 Å². The molecule has 0 aliphatic carbocycles. The number of pyridine rings is 1. The molecule has 1 aromatic rings. The quantitative estimate of drug-likeness (QED) is 0.717. The molecule has 0 aromatic carbocycles. The lowest BCUT2D eigenvalue weighted by molar-refractivity contribution is 0.0269. The van der Waals surface area contributed by atoms with Gasteiger partial charge in [0, 0.05) is 24.8 Å². The summed E-state index contributed by atoms with van der Waals surface area (Å²) in [5.74, 6) is -0.737. The first-order valence-electron chi connectivity index (χ1n) is 4.74. The number of hydrogen-bond acceptors (Lipinski definition) is 4. The smallest absolute Gasteiger partial charge is 0.194 e. The predicted molar refractivity (Wildman–Crippen MR) is 51.1 cm³/mol. The highest BCUT2D eigenvalue weighted by Gasteiger charge is 2.23. The summed E-state index contributed by atoms with van der Waals surface area (Å²) in [7, 11) is 0. The van der Waals surface area contributed by atoms with Crippen molar-refractivity contribution in [1.82, 2.24) is 10.3 Å². The number of ketones is 1. The van der Waals surface area contributed by atoms with Crippen molar-refractivity contribution < 1.29 is 13.9 Å². The lowest BCUT2D eigenvalue weighted by Crippen LogP contribution is -2.43. The highest BCUT2D eigenvalue weighted by atomic mass is 19.1. The highest BCUT2D eigenvalue weighted by Crippen LogP contribution is 2.08. The van der Waals surface area contributed by atoms with Gasteiger partial charge in [0.1, 0.15) is 11.9 Å². The molecule has 0 radical (unpaired) electrons. The van der Waals surface area contributed by atoms with Gasteiger partial charge in [-0.05, 0) is 6.07 Å². The first-order valence-corrected chi connectivity index (χ1v) is 4.74. The average Bonchev–Trinajstić information content (AvgIpc) is 2.29. The Morgan fingerprint density at radius 1 is 1.60 bits per heavy atom. The van der Waals surface area contributed by atoms with Crippen molar-refractivity contribution in [1.29, 1.82) is 0 Å². The maximum Gasteiger partial charge on any atom is 0.194 e. The van der Waals surface area contributed by atoms with E-state index in [1.165, 1.54) is 12.3 Å². The van der Waals surface area contributed by atoms with Gasteiger partial charge in [0.15, 0.2) is 5.78 Å². The molecule has 2 rings (SSSR count). The second kappa shape index (κ2) is 4.46. The summed E-state index contributed by atoms with van der Waals surface area (Å²) >= 11 is 0. The van der Waals surface area contributed by atoms with Crippen LogP contribution in [0.2, 0.25) is 0 Å². The van der Waals surface area contributed by atoms with Gasteiger partial charge in [0.2, 0.25) is 0 Å². The van der Waals surface area contributed by atoms with E-state index in [1.54, 1.807) is 0 Å². The summed E-state index contributed by atoms with van der Waals surface area (Å²) < 4.78 is 18.1. The number of morpholine rings is 1. The van der Waals surface area contributed by atoms with Crippen LogP contribution in [-0.4, -0.2) is 36.6 Å². The van der Waals surface area contributed by atoms with E-state index in [4.69, 9.17) is 4.74 Å². The van der Waals surface area contributed by atoms with Crippen LogP contribution in [0.15, 0.2) is 18.5 Å². The molecule has 1 atom stereocenters. The molecule has 2 heterocycles. The molecule has 5 heteroatoms. The topological polar surface area (TPSA) is 51.2 Å². The van der Waals surface area contributed by atoms with Crippen LogP contribution in [0.25, 0.3) is 0 Å². The maximum atomic E-state index is 12.8. The molecule has 4 nitrogen and oxygen atoms in total. The first-order chi connectivity index (χ1) is 7.27. The Hall–Kier alpha value is -1.33. The number of halogens is 1. The van der Waals surface area contributed by atoms with Gasteiger partial charge in [-0.2, -0.15) is 0 Å². The van der Waals surface area contributed by atoms with Crippen LogP contribution in [-0.2, 0) is 4.74 Å². The zero-order valence-corrected chi connectivity index (χ0v) is 8.07. The van der Waals surface area contributed by atoms with Crippen LogP contribution in [0.5, 0.6) is 0 Å². The number of rotatable bonds is 2.